The first kappa shape index (κ1) is 12.9. The third kappa shape index (κ3) is 2.60. The quantitative estimate of drug-likeness (QED) is 0.913. The molecule has 1 aromatic carbocycles. The zero-order chi connectivity index (χ0) is 13.2. The highest BCUT2D eigenvalue weighted by molar-refractivity contribution is 9.10. The molecule has 3 nitrogen and oxygen atoms in total. The second-order valence-electron chi connectivity index (χ2n) is 5.14. The van der Waals surface area contributed by atoms with E-state index in [1.807, 2.05) is 0 Å². The molecule has 1 heterocycles. The molecule has 0 fully saturated rings. The minimum absolute atomic E-state index is 0.151. The fourth-order valence-corrected chi connectivity index (χ4v) is 3.17. The van der Waals surface area contributed by atoms with Crippen LogP contribution in [0.25, 0.3) is 0 Å². The van der Waals surface area contributed by atoms with Crippen molar-refractivity contribution in [1.82, 2.24) is 9.97 Å². The SMILES string of the molecule is NCC(c1ccc2c(c1)CCCC2)c1ncc(Br)[nH]1. The first-order valence-electron chi connectivity index (χ1n) is 6.80. The van der Waals surface area contributed by atoms with Crippen LogP contribution >= 0.6 is 15.9 Å². The lowest BCUT2D eigenvalue weighted by Crippen LogP contribution is -2.16. The summed E-state index contributed by atoms with van der Waals surface area (Å²) in [6.45, 7) is 0.568. The lowest BCUT2D eigenvalue weighted by atomic mass is 9.87. The predicted octanol–water partition coefficient (Wildman–Crippen LogP) is 3.14. The summed E-state index contributed by atoms with van der Waals surface area (Å²) >= 11 is 3.40. The number of nitrogens with zero attached hydrogens (tertiary/aromatic N) is 1. The highest BCUT2D eigenvalue weighted by Gasteiger charge is 2.18. The molecule has 1 atom stereocenters. The summed E-state index contributed by atoms with van der Waals surface area (Å²) in [5, 5.41) is 0. The molecule has 0 bridgehead atoms. The minimum atomic E-state index is 0.151. The molecule has 1 aromatic heterocycles. The fraction of sp³-hybridized carbons (Fsp3) is 0.400. The van der Waals surface area contributed by atoms with E-state index in [1.54, 1.807) is 6.20 Å². The van der Waals surface area contributed by atoms with Gasteiger partial charge in [-0.1, -0.05) is 18.2 Å². The number of hydrogen-bond donors (Lipinski definition) is 2. The van der Waals surface area contributed by atoms with E-state index < -0.39 is 0 Å². The third-order valence-electron chi connectivity index (χ3n) is 3.91. The standard InChI is InChI=1S/C15H18BrN3/c16-14-9-18-15(19-14)13(8-17)12-6-5-10-3-1-2-4-11(10)7-12/h5-7,9,13H,1-4,8,17H2,(H,18,19). The van der Waals surface area contributed by atoms with Gasteiger partial charge >= 0.3 is 0 Å². The molecule has 1 aliphatic rings. The van der Waals surface area contributed by atoms with Gasteiger partial charge in [0.05, 0.1) is 12.1 Å². The van der Waals surface area contributed by atoms with Gasteiger partial charge in [-0.15, -0.1) is 0 Å². The molecule has 1 aliphatic carbocycles. The summed E-state index contributed by atoms with van der Waals surface area (Å²) in [5.41, 5.74) is 10.2. The topological polar surface area (TPSA) is 54.7 Å². The van der Waals surface area contributed by atoms with Crippen molar-refractivity contribution in [2.24, 2.45) is 5.73 Å². The Kier molecular flexibility index (Phi) is 3.71. The molecule has 0 saturated carbocycles. The van der Waals surface area contributed by atoms with E-state index in [1.165, 1.54) is 42.4 Å². The molecular weight excluding hydrogens is 302 g/mol. The van der Waals surface area contributed by atoms with Crippen molar-refractivity contribution >= 4 is 15.9 Å². The molecule has 0 aliphatic heterocycles. The van der Waals surface area contributed by atoms with Crippen LogP contribution in [0.1, 0.15) is 41.3 Å². The Morgan fingerprint density at radius 3 is 2.74 bits per heavy atom. The first-order valence-corrected chi connectivity index (χ1v) is 7.59. The van der Waals surface area contributed by atoms with E-state index in [0.717, 1.165) is 10.4 Å². The van der Waals surface area contributed by atoms with Crippen LogP contribution in [0.15, 0.2) is 29.0 Å². The molecule has 100 valence electrons. The summed E-state index contributed by atoms with van der Waals surface area (Å²) in [6, 6.07) is 6.80. The second kappa shape index (κ2) is 5.47. The highest BCUT2D eigenvalue weighted by atomic mass is 79.9. The number of nitrogens with two attached hydrogens (primary N) is 1. The molecule has 2 aromatic rings. The number of imidazole rings is 1. The van der Waals surface area contributed by atoms with Crippen LogP contribution in [0.4, 0.5) is 0 Å². The first-order chi connectivity index (χ1) is 9.28. The Hall–Kier alpha value is -1.13. The molecule has 3 N–H and O–H groups in total. The van der Waals surface area contributed by atoms with Crippen LogP contribution in [0, 0.1) is 0 Å². The second-order valence-corrected chi connectivity index (χ2v) is 5.99. The average molecular weight is 320 g/mol. The van der Waals surface area contributed by atoms with Crippen LogP contribution in [0.5, 0.6) is 0 Å². The smallest absolute Gasteiger partial charge is 0.115 e. The Morgan fingerprint density at radius 2 is 2.05 bits per heavy atom. The van der Waals surface area contributed by atoms with Crippen LogP contribution < -0.4 is 5.73 Å². The van der Waals surface area contributed by atoms with Gasteiger partial charge in [0.25, 0.3) is 0 Å². The summed E-state index contributed by atoms with van der Waals surface area (Å²) in [6.07, 6.45) is 6.82. The number of aryl methyl sites for hydroxylation is 2. The molecule has 0 spiro atoms. The van der Waals surface area contributed by atoms with Crippen molar-refractivity contribution < 1.29 is 0 Å². The number of nitrogens with one attached hydrogen (secondary N) is 1. The Labute approximate surface area is 121 Å². The van der Waals surface area contributed by atoms with Gasteiger partial charge in [-0.25, -0.2) is 4.98 Å². The predicted molar refractivity (Wildman–Crippen MR) is 80.3 cm³/mol. The van der Waals surface area contributed by atoms with Gasteiger partial charge in [0, 0.05) is 6.54 Å². The molecular formula is C15H18BrN3. The van der Waals surface area contributed by atoms with E-state index in [-0.39, 0.29) is 5.92 Å². The van der Waals surface area contributed by atoms with E-state index in [2.05, 4.69) is 44.1 Å². The summed E-state index contributed by atoms with van der Waals surface area (Å²) in [4.78, 5) is 7.62. The van der Waals surface area contributed by atoms with E-state index in [4.69, 9.17) is 5.73 Å². The van der Waals surface area contributed by atoms with Crippen molar-refractivity contribution in [2.75, 3.05) is 6.54 Å². The van der Waals surface area contributed by atoms with Gasteiger partial charge in [0.15, 0.2) is 0 Å². The van der Waals surface area contributed by atoms with Gasteiger partial charge in [0.2, 0.25) is 0 Å². The van der Waals surface area contributed by atoms with Crippen LogP contribution in [-0.2, 0) is 12.8 Å². The third-order valence-corrected chi connectivity index (χ3v) is 4.31. The van der Waals surface area contributed by atoms with Gasteiger partial charge in [-0.2, -0.15) is 0 Å². The van der Waals surface area contributed by atoms with Crippen molar-refractivity contribution in [3.8, 4) is 0 Å². The average Bonchev–Trinajstić information content (AvgIpc) is 2.86. The normalized spacial score (nSPS) is 16.1. The Morgan fingerprint density at radius 1 is 1.26 bits per heavy atom. The zero-order valence-electron chi connectivity index (χ0n) is 10.8. The number of rotatable bonds is 3. The van der Waals surface area contributed by atoms with Gasteiger partial charge in [-0.3, -0.25) is 0 Å². The fourth-order valence-electron chi connectivity index (χ4n) is 2.87. The highest BCUT2D eigenvalue weighted by Crippen LogP contribution is 2.28. The summed E-state index contributed by atoms with van der Waals surface area (Å²) in [5.74, 6) is 1.09. The van der Waals surface area contributed by atoms with Crippen molar-refractivity contribution in [1.29, 1.82) is 0 Å². The number of hydrogen-bond acceptors (Lipinski definition) is 2. The number of aromatic nitrogens is 2. The number of halogens is 1. The summed E-state index contributed by atoms with van der Waals surface area (Å²) in [7, 11) is 0. The number of benzene rings is 1. The van der Waals surface area contributed by atoms with Gasteiger partial charge in [-0.05, 0) is 58.3 Å². The van der Waals surface area contributed by atoms with E-state index in [0.29, 0.717) is 6.54 Å². The summed E-state index contributed by atoms with van der Waals surface area (Å²) < 4.78 is 0.902. The molecule has 1 unspecified atom stereocenters. The van der Waals surface area contributed by atoms with Crippen molar-refractivity contribution in [3.63, 3.8) is 0 Å². The van der Waals surface area contributed by atoms with Crippen LogP contribution in [0.3, 0.4) is 0 Å². The van der Waals surface area contributed by atoms with Crippen LogP contribution in [-0.4, -0.2) is 16.5 Å². The molecule has 0 saturated heterocycles. The minimum Gasteiger partial charge on any atom is -0.336 e. The zero-order valence-corrected chi connectivity index (χ0v) is 12.4. The Balaban J connectivity index is 1.95. The monoisotopic (exact) mass is 319 g/mol. The molecule has 4 heteroatoms. The maximum atomic E-state index is 5.95. The Bertz CT molecular complexity index is 577. The maximum Gasteiger partial charge on any atom is 0.115 e. The van der Waals surface area contributed by atoms with Crippen LogP contribution in [0.2, 0.25) is 0 Å². The molecule has 3 rings (SSSR count). The number of H-pyrrole nitrogens is 1. The van der Waals surface area contributed by atoms with E-state index in [9.17, 15) is 0 Å². The lowest BCUT2D eigenvalue weighted by molar-refractivity contribution is 0.680. The van der Waals surface area contributed by atoms with Gasteiger partial charge in [0.1, 0.15) is 10.4 Å². The maximum absolute atomic E-state index is 5.95. The number of fused-ring (bicyclic) bond motifs is 1. The van der Waals surface area contributed by atoms with Crippen molar-refractivity contribution in [3.05, 3.63) is 51.5 Å². The van der Waals surface area contributed by atoms with Gasteiger partial charge < -0.3 is 10.7 Å². The number of aromatic amines is 1. The molecule has 0 radical (unpaired) electrons. The van der Waals surface area contributed by atoms with E-state index >= 15 is 0 Å². The molecule has 19 heavy (non-hydrogen) atoms. The largest absolute Gasteiger partial charge is 0.336 e. The molecule has 0 amide bonds. The lowest BCUT2D eigenvalue weighted by Gasteiger charge is -2.19. The van der Waals surface area contributed by atoms with Crippen molar-refractivity contribution in [2.45, 2.75) is 31.6 Å².